The number of nitrogens with one attached hydrogen (secondary N) is 2. The van der Waals surface area contributed by atoms with Crippen LogP contribution in [0.2, 0.25) is 0 Å². The number of thioether (sulfide) groups is 1. The van der Waals surface area contributed by atoms with Crippen LogP contribution in [0.4, 0.5) is 0 Å². The van der Waals surface area contributed by atoms with Crippen molar-refractivity contribution in [3.8, 4) is 0 Å². The first-order valence-electron chi connectivity index (χ1n) is 9.02. The molecule has 5 nitrogen and oxygen atoms in total. The molecule has 6 heteroatoms. The van der Waals surface area contributed by atoms with Gasteiger partial charge in [0.05, 0.1) is 5.75 Å². The molecule has 1 heterocycles. The minimum absolute atomic E-state index is 0.0255. The van der Waals surface area contributed by atoms with Crippen LogP contribution in [0.5, 0.6) is 0 Å². The molecule has 3 rings (SSSR count). The molecule has 0 saturated carbocycles. The zero-order valence-electron chi connectivity index (χ0n) is 14.8. The van der Waals surface area contributed by atoms with Crippen molar-refractivity contribution in [2.24, 2.45) is 0 Å². The smallest absolute Gasteiger partial charge is 0.230 e. The molecule has 0 aliphatic heterocycles. The minimum atomic E-state index is 0.0255. The number of aromatic nitrogens is 3. The van der Waals surface area contributed by atoms with Gasteiger partial charge in [-0.2, -0.15) is 0 Å². The number of nitrogens with zero attached hydrogens (tertiary/aromatic N) is 2. The number of carbonyl (C=O) groups excluding carboxylic acids is 1. The summed E-state index contributed by atoms with van der Waals surface area (Å²) in [5.41, 5.74) is 2.58. The van der Waals surface area contributed by atoms with E-state index in [4.69, 9.17) is 0 Å². The van der Waals surface area contributed by atoms with E-state index in [2.05, 4.69) is 26.6 Å². The van der Waals surface area contributed by atoms with Gasteiger partial charge in [-0.25, -0.2) is 4.98 Å². The van der Waals surface area contributed by atoms with Crippen LogP contribution in [-0.4, -0.2) is 33.4 Å². The maximum atomic E-state index is 11.9. The Morgan fingerprint density at radius 2 is 2.12 bits per heavy atom. The Balaban J connectivity index is 1.38. The molecular weight excluding hydrogens is 344 g/mol. The molecule has 136 valence electrons. The number of hydrogen-bond donors (Lipinski definition) is 2. The molecule has 1 aromatic heterocycles. The van der Waals surface area contributed by atoms with E-state index in [9.17, 15) is 4.79 Å². The first-order valence-corrected chi connectivity index (χ1v) is 10.0. The van der Waals surface area contributed by atoms with Gasteiger partial charge in [-0.3, -0.25) is 9.89 Å². The average molecular weight is 369 g/mol. The van der Waals surface area contributed by atoms with Gasteiger partial charge in [0.1, 0.15) is 5.82 Å². The number of aromatic amines is 1. The lowest BCUT2D eigenvalue weighted by Gasteiger charge is -2.12. The summed E-state index contributed by atoms with van der Waals surface area (Å²) in [5, 5.41) is 10.6. The van der Waals surface area contributed by atoms with Crippen LogP contribution in [-0.2, 0) is 4.79 Å². The Kier molecular flexibility index (Phi) is 7.07. The van der Waals surface area contributed by atoms with Crippen molar-refractivity contribution in [1.29, 1.82) is 0 Å². The molecule has 0 unspecified atom stereocenters. The number of benzene rings is 1. The fourth-order valence-corrected chi connectivity index (χ4v) is 3.45. The average Bonchev–Trinajstić information content (AvgIpc) is 3.14. The summed E-state index contributed by atoms with van der Waals surface area (Å²) in [6, 6.07) is 10.0. The van der Waals surface area contributed by atoms with E-state index in [1.807, 2.05) is 42.5 Å². The molecule has 1 aliphatic rings. The molecule has 0 atom stereocenters. The van der Waals surface area contributed by atoms with Gasteiger partial charge in [-0.05, 0) is 43.7 Å². The first kappa shape index (κ1) is 18.5. The predicted molar refractivity (Wildman–Crippen MR) is 107 cm³/mol. The fraction of sp³-hybridized carbons (Fsp3) is 0.350. The van der Waals surface area contributed by atoms with Crippen LogP contribution in [0.15, 0.2) is 47.1 Å². The lowest BCUT2D eigenvalue weighted by molar-refractivity contribution is -0.118. The standard InChI is InChI=1S/C20H24N4OS/c25-19(21-14-13-17-9-5-2-6-10-17)15-26-20-22-18(23-24-20)12-11-16-7-3-1-4-8-16/h1,3-4,7-9,11-12H,2,5-6,10,13-15H2,(H,21,25)(H,22,23,24)/b12-11+. The minimum Gasteiger partial charge on any atom is -0.355 e. The zero-order chi connectivity index (χ0) is 18.0. The highest BCUT2D eigenvalue weighted by atomic mass is 32.2. The number of allylic oxidation sites excluding steroid dienone is 1. The first-order chi connectivity index (χ1) is 12.8. The van der Waals surface area contributed by atoms with Gasteiger partial charge in [0, 0.05) is 6.54 Å². The number of rotatable bonds is 8. The van der Waals surface area contributed by atoms with E-state index in [1.165, 1.54) is 43.0 Å². The quantitative estimate of drug-likeness (QED) is 0.544. The number of H-pyrrole nitrogens is 1. The summed E-state index contributed by atoms with van der Waals surface area (Å²) in [7, 11) is 0. The van der Waals surface area contributed by atoms with Crippen molar-refractivity contribution in [2.45, 2.75) is 37.3 Å². The normalized spacial score (nSPS) is 14.4. The van der Waals surface area contributed by atoms with Crippen molar-refractivity contribution in [3.63, 3.8) is 0 Å². The highest BCUT2D eigenvalue weighted by Crippen LogP contribution is 2.19. The topological polar surface area (TPSA) is 70.7 Å². The molecule has 1 amide bonds. The molecule has 0 radical (unpaired) electrons. The van der Waals surface area contributed by atoms with Crippen molar-refractivity contribution >= 4 is 29.8 Å². The van der Waals surface area contributed by atoms with E-state index >= 15 is 0 Å². The second-order valence-corrected chi connectivity index (χ2v) is 7.19. The fourth-order valence-electron chi connectivity index (χ4n) is 2.81. The van der Waals surface area contributed by atoms with Gasteiger partial charge in [0.25, 0.3) is 0 Å². The SMILES string of the molecule is O=C(CSc1n[nH]c(/C=C/c2ccccc2)n1)NCCC1=CCCCC1. The summed E-state index contributed by atoms with van der Waals surface area (Å²) < 4.78 is 0. The zero-order valence-corrected chi connectivity index (χ0v) is 15.6. The Morgan fingerprint density at radius 3 is 2.92 bits per heavy atom. The lowest BCUT2D eigenvalue weighted by atomic mass is 9.97. The van der Waals surface area contributed by atoms with Crippen LogP contribution in [0.1, 0.15) is 43.5 Å². The predicted octanol–water partition coefficient (Wildman–Crippen LogP) is 4.07. The lowest BCUT2D eigenvalue weighted by Crippen LogP contribution is -2.26. The largest absolute Gasteiger partial charge is 0.355 e. The maximum absolute atomic E-state index is 11.9. The summed E-state index contributed by atoms with van der Waals surface area (Å²) in [5.74, 6) is 1.04. The summed E-state index contributed by atoms with van der Waals surface area (Å²) in [6.45, 7) is 0.713. The second kappa shape index (κ2) is 9.97. The van der Waals surface area contributed by atoms with Gasteiger partial charge in [-0.1, -0.05) is 59.8 Å². The van der Waals surface area contributed by atoms with E-state index in [-0.39, 0.29) is 5.91 Å². The van der Waals surface area contributed by atoms with Crippen LogP contribution in [0, 0.1) is 0 Å². The third kappa shape index (κ3) is 6.19. The van der Waals surface area contributed by atoms with Crippen LogP contribution in [0.3, 0.4) is 0 Å². The maximum Gasteiger partial charge on any atom is 0.230 e. The van der Waals surface area contributed by atoms with Gasteiger partial charge in [0.15, 0.2) is 0 Å². The van der Waals surface area contributed by atoms with E-state index < -0.39 is 0 Å². The van der Waals surface area contributed by atoms with E-state index in [0.29, 0.717) is 23.3 Å². The summed E-state index contributed by atoms with van der Waals surface area (Å²) in [4.78, 5) is 16.3. The third-order valence-electron chi connectivity index (χ3n) is 4.20. The Hall–Kier alpha value is -2.34. The molecule has 0 fully saturated rings. The third-order valence-corrected chi connectivity index (χ3v) is 5.05. The van der Waals surface area contributed by atoms with Gasteiger partial charge < -0.3 is 5.32 Å². The molecule has 26 heavy (non-hydrogen) atoms. The second-order valence-electron chi connectivity index (χ2n) is 6.24. The van der Waals surface area contributed by atoms with Crippen molar-refractivity contribution < 1.29 is 4.79 Å². The van der Waals surface area contributed by atoms with Crippen molar-refractivity contribution in [2.75, 3.05) is 12.3 Å². The van der Waals surface area contributed by atoms with Crippen molar-refractivity contribution in [3.05, 3.63) is 53.4 Å². The van der Waals surface area contributed by atoms with Gasteiger partial charge >= 0.3 is 0 Å². The molecule has 0 spiro atoms. The van der Waals surface area contributed by atoms with Crippen LogP contribution < -0.4 is 5.32 Å². The molecule has 0 bridgehead atoms. The molecule has 1 aromatic carbocycles. The summed E-state index contributed by atoms with van der Waals surface area (Å²) >= 11 is 1.34. The molecule has 1 aliphatic carbocycles. The number of hydrogen-bond acceptors (Lipinski definition) is 4. The Labute approximate surface area is 158 Å². The Morgan fingerprint density at radius 1 is 1.23 bits per heavy atom. The molecular formula is C20H24N4OS. The number of carbonyl (C=O) groups is 1. The molecule has 2 N–H and O–H groups in total. The van der Waals surface area contributed by atoms with Crippen molar-refractivity contribution in [1.82, 2.24) is 20.5 Å². The summed E-state index contributed by atoms with van der Waals surface area (Å²) in [6.07, 6.45) is 12.1. The van der Waals surface area contributed by atoms with E-state index in [1.54, 1.807) is 0 Å². The molecule has 2 aromatic rings. The highest BCUT2D eigenvalue weighted by molar-refractivity contribution is 7.99. The van der Waals surface area contributed by atoms with Gasteiger partial charge in [-0.15, -0.1) is 5.10 Å². The number of amides is 1. The van der Waals surface area contributed by atoms with Gasteiger partial charge in [0.2, 0.25) is 11.1 Å². The molecule has 0 saturated heterocycles. The Bertz CT molecular complexity index is 767. The van der Waals surface area contributed by atoms with Crippen LogP contribution in [0.25, 0.3) is 12.2 Å². The van der Waals surface area contributed by atoms with Crippen LogP contribution >= 0.6 is 11.8 Å². The highest BCUT2D eigenvalue weighted by Gasteiger charge is 2.08. The monoisotopic (exact) mass is 368 g/mol. The van der Waals surface area contributed by atoms with E-state index in [0.717, 1.165) is 12.0 Å².